The van der Waals surface area contributed by atoms with E-state index in [2.05, 4.69) is 12.2 Å². The molecular weight excluding hydrogens is 252 g/mol. The molecule has 1 saturated carbocycles. The van der Waals surface area contributed by atoms with E-state index in [1.807, 2.05) is 0 Å². The Hall–Kier alpha value is -1.29. The molecule has 1 unspecified atom stereocenters. The Morgan fingerprint density at radius 3 is 2.83 bits per heavy atom. The Kier molecular flexibility index (Phi) is 4.07. The molecule has 0 saturated heterocycles. The van der Waals surface area contributed by atoms with Crippen molar-refractivity contribution in [2.45, 2.75) is 32.6 Å². The fourth-order valence-corrected chi connectivity index (χ4v) is 2.49. The molecule has 18 heavy (non-hydrogen) atoms. The molecule has 1 N–H and O–H groups in total. The first-order valence-corrected chi connectivity index (χ1v) is 6.52. The molecule has 0 bridgehead atoms. The largest absolute Gasteiger partial charge is 0.376 e. The predicted molar refractivity (Wildman–Crippen MR) is 72.6 cm³/mol. The van der Waals surface area contributed by atoms with Crippen molar-refractivity contribution in [2.24, 2.45) is 5.92 Å². The molecule has 1 fully saturated rings. The molecule has 1 aliphatic rings. The third-order valence-electron chi connectivity index (χ3n) is 3.39. The SMILES string of the molecule is CC1CCCC[C]1Nc1ccc([N+](=O)[O-])cc1Cl. The molecule has 0 heterocycles. The maximum Gasteiger partial charge on any atom is 0.271 e. The van der Waals surface area contributed by atoms with Gasteiger partial charge in [-0.3, -0.25) is 10.1 Å². The Bertz CT molecular complexity index is 451. The Morgan fingerprint density at radius 1 is 1.44 bits per heavy atom. The summed E-state index contributed by atoms with van der Waals surface area (Å²) in [5, 5.41) is 14.4. The van der Waals surface area contributed by atoms with Crippen LogP contribution in [0.2, 0.25) is 5.02 Å². The van der Waals surface area contributed by atoms with E-state index in [0.29, 0.717) is 10.9 Å². The Morgan fingerprint density at radius 2 is 2.22 bits per heavy atom. The van der Waals surface area contributed by atoms with Crippen molar-refractivity contribution < 1.29 is 4.92 Å². The fourth-order valence-electron chi connectivity index (χ4n) is 2.26. The number of non-ortho nitro benzene ring substituents is 1. The Balaban J connectivity index is 2.11. The van der Waals surface area contributed by atoms with Crippen molar-refractivity contribution in [2.75, 3.05) is 5.32 Å². The first kappa shape index (κ1) is 13.1. The molecule has 1 radical (unpaired) electrons. The van der Waals surface area contributed by atoms with Crippen molar-refractivity contribution >= 4 is 23.0 Å². The molecule has 5 heteroatoms. The minimum Gasteiger partial charge on any atom is -0.376 e. The van der Waals surface area contributed by atoms with Crippen LogP contribution in [0.3, 0.4) is 0 Å². The second-order valence-electron chi connectivity index (χ2n) is 4.72. The first-order valence-electron chi connectivity index (χ1n) is 6.14. The van der Waals surface area contributed by atoms with E-state index in [-0.39, 0.29) is 5.69 Å². The lowest BCUT2D eigenvalue weighted by molar-refractivity contribution is -0.384. The average molecular weight is 268 g/mol. The van der Waals surface area contributed by atoms with Crippen LogP contribution < -0.4 is 5.32 Å². The van der Waals surface area contributed by atoms with Gasteiger partial charge in [-0.1, -0.05) is 31.4 Å². The van der Waals surface area contributed by atoms with Gasteiger partial charge in [-0.15, -0.1) is 0 Å². The van der Waals surface area contributed by atoms with E-state index < -0.39 is 4.92 Å². The van der Waals surface area contributed by atoms with Crippen LogP contribution in [0.15, 0.2) is 18.2 Å². The monoisotopic (exact) mass is 267 g/mol. The van der Waals surface area contributed by atoms with Gasteiger partial charge < -0.3 is 5.32 Å². The summed E-state index contributed by atoms with van der Waals surface area (Å²) in [5.41, 5.74) is 0.776. The van der Waals surface area contributed by atoms with Crippen molar-refractivity contribution in [3.8, 4) is 0 Å². The van der Waals surface area contributed by atoms with Crippen LogP contribution in [-0.4, -0.2) is 4.92 Å². The highest BCUT2D eigenvalue weighted by atomic mass is 35.5. The molecular formula is C13H16ClN2O2. The number of anilines is 1. The lowest BCUT2D eigenvalue weighted by atomic mass is 9.86. The number of benzene rings is 1. The lowest BCUT2D eigenvalue weighted by Crippen LogP contribution is -2.22. The fraction of sp³-hybridized carbons (Fsp3) is 0.462. The zero-order valence-electron chi connectivity index (χ0n) is 10.3. The van der Waals surface area contributed by atoms with Gasteiger partial charge in [-0.05, 0) is 24.8 Å². The smallest absolute Gasteiger partial charge is 0.271 e. The third-order valence-corrected chi connectivity index (χ3v) is 3.70. The second kappa shape index (κ2) is 5.57. The number of nitro groups is 1. The summed E-state index contributed by atoms with van der Waals surface area (Å²) >= 11 is 6.06. The molecule has 1 aliphatic carbocycles. The van der Waals surface area contributed by atoms with Crippen LogP contribution in [0, 0.1) is 22.1 Å². The van der Waals surface area contributed by atoms with Crippen molar-refractivity contribution in [3.63, 3.8) is 0 Å². The number of halogens is 1. The van der Waals surface area contributed by atoms with Gasteiger partial charge in [0.2, 0.25) is 0 Å². The highest BCUT2D eigenvalue weighted by Crippen LogP contribution is 2.35. The van der Waals surface area contributed by atoms with Crippen molar-refractivity contribution in [3.05, 3.63) is 39.4 Å². The van der Waals surface area contributed by atoms with Crippen LogP contribution in [0.4, 0.5) is 11.4 Å². The van der Waals surface area contributed by atoms with Crippen LogP contribution in [0.25, 0.3) is 0 Å². The molecule has 1 aromatic carbocycles. The van der Waals surface area contributed by atoms with Crippen molar-refractivity contribution in [1.29, 1.82) is 0 Å². The van der Waals surface area contributed by atoms with E-state index in [0.717, 1.165) is 12.1 Å². The summed E-state index contributed by atoms with van der Waals surface area (Å²) in [5.74, 6) is 0.532. The van der Waals surface area contributed by atoms with Gasteiger partial charge in [0.25, 0.3) is 5.69 Å². The zero-order valence-corrected chi connectivity index (χ0v) is 11.0. The minimum atomic E-state index is -0.438. The minimum absolute atomic E-state index is 0.0206. The van der Waals surface area contributed by atoms with Gasteiger partial charge in [-0.25, -0.2) is 0 Å². The summed E-state index contributed by atoms with van der Waals surface area (Å²) in [6.45, 7) is 2.20. The number of rotatable bonds is 3. The van der Waals surface area contributed by atoms with E-state index >= 15 is 0 Å². The van der Waals surface area contributed by atoms with E-state index in [1.165, 1.54) is 37.4 Å². The summed E-state index contributed by atoms with van der Waals surface area (Å²) in [6.07, 6.45) is 4.69. The van der Waals surface area contributed by atoms with Crippen LogP contribution in [0.5, 0.6) is 0 Å². The van der Waals surface area contributed by atoms with Gasteiger partial charge in [-0.2, -0.15) is 0 Å². The summed E-state index contributed by atoms with van der Waals surface area (Å²) < 4.78 is 0. The van der Waals surface area contributed by atoms with E-state index in [1.54, 1.807) is 6.07 Å². The van der Waals surface area contributed by atoms with Crippen LogP contribution in [0.1, 0.15) is 32.6 Å². The molecule has 1 atom stereocenters. The number of hydrogen-bond acceptors (Lipinski definition) is 3. The van der Waals surface area contributed by atoms with Gasteiger partial charge in [0.15, 0.2) is 0 Å². The summed E-state index contributed by atoms with van der Waals surface area (Å²) in [4.78, 5) is 10.2. The summed E-state index contributed by atoms with van der Waals surface area (Å²) in [7, 11) is 0. The standard InChI is InChI=1S/C13H16ClN2O2/c1-9-4-2-3-5-12(9)15-13-7-6-10(16(17)18)8-11(13)14/h6-9,15H,2-5H2,1H3. The summed E-state index contributed by atoms with van der Waals surface area (Å²) in [6, 6.07) is 5.81. The van der Waals surface area contributed by atoms with Crippen LogP contribution in [-0.2, 0) is 0 Å². The molecule has 1 aromatic rings. The highest BCUT2D eigenvalue weighted by molar-refractivity contribution is 6.33. The maximum absolute atomic E-state index is 10.6. The molecule has 0 aromatic heterocycles. The van der Waals surface area contributed by atoms with E-state index in [9.17, 15) is 10.1 Å². The third kappa shape index (κ3) is 2.93. The molecule has 0 spiro atoms. The molecule has 97 valence electrons. The topological polar surface area (TPSA) is 55.2 Å². The lowest BCUT2D eigenvalue weighted by Gasteiger charge is -2.29. The number of nitrogens with zero attached hydrogens (tertiary/aromatic N) is 1. The number of nitro benzene ring substituents is 1. The van der Waals surface area contributed by atoms with Gasteiger partial charge in [0.05, 0.1) is 21.7 Å². The Labute approximate surface area is 111 Å². The quantitative estimate of drug-likeness (QED) is 0.652. The van der Waals surface area contributed by atoms with Crippen molar-refractivity contribution in [1.82, 2.24) is 0 Å². The van der Waals surface area contributed by atoms with Gasteiger partial charge in [0, 0.05) is 12.1 Å². The second-order valence-corrected chi connectivity index (χ2v) is 5.13. The van der Waals surface area contributed by atoms with Crippen LogP contribution >= 0.6 is 11.6 Å². The van der Waals surface area contributed by atoms with Gasteiger partial charge >= 0.3 is 0 Å². The molecule has 0 amide bonds. The number of nitrogens with one attached hydrogen (secondary N) is 1. The normalized spacial score (nSPS) is 20.7. The number of hydrogen-bond donors (Lipinski definition) is 1. The highest BCUT2D eigenvalue weighted by Gasteiger charge is 2.23. The van der Waals surface area contributed by atoms with Gasteiger partial charge in [0.1, 0.15) is 0 Å². The first-order chi connectivity index (χ1) is 8.58. The molecule has 0 aliphatic heterocycles. The molecule has 2 rings (SSSR count). The predicted octanol–water partition coefficient (Wildman–Crippen LogP) is 4.40. The van der Waals surface area contributed by atoms with E-state index in [4.69, 9.17) is 11.6 Å². The average Bonchev–Trinajstić information content (AvgIpc) is 2.34. The maximum atomic E-state index is 10.6. The zero-order chi connectivity index (χ0) is 13.1. The molecule has 4 nitrogen and oxygen atoms in total.